The van der Waals surface area contributed by atoms with Crippen LogP contribution >= 0.6 is 0 Å². The molecule has 1 aromatic rings. The van der Waals surface area contributed by atoms with Crippen molar-refractivity contribution >= 4 is 6.09 Å². The molecular weight excluding hydrogens is 286 g/mol. The zero-order valence-electron chi connectivity index (χ0n) is 15.7. The van der Waals surface area contributed by atoms with Crippen LogP contribution < -0.4 is 0 Å². The van der Waals surface area contributed by atoms with Crippen molar-refractivity contribution in [2.75, 3.05) is 13.1 Å². The summed E-state index contributed by atoms with van der Waals surface area (Å²) in [4.78, 5) is 14.3. The Kier molecular flexibility index (Phi) is 7.11. The first kappa shape index (κ1) is 19.5. The predicted molar refractivity (Wildman–Crippen MR) is 96.3 cm³/mol. The SMILES string of the molecule is CC(C)(C)CCN(CCC(C)(C)C)C(=O)OCc1ccccc1. The molecule has 0 aliphatic carbocycles. The molecule has 0 spiro atoms. The highest BCUT2D eigenvalue weighted by Gasteiger charge is 2.21. The van der Waals surface area contributed by atoms with E-state index in [-0.39, 0.29) is 16.9 Å². The number of rotatable bonds is 6. The molecule has 0 unspecified atom stereocenters. The van der Waals surface area contributed by atoms with E-state index in [0.717, 1.165) is 31.5 Å². The number of carbonyl (C=O) groups excluding carboxylic acids is 1. The average molecular weight is 319 g/mol. The molecule has 0 bridgehead atoms. The van der Waals surface area contributed by atoms with Crippen LogP contribution in [0.15, 0.2) is 30.3 Å². The quantitative estimate of drug-likeness (QED) is 0.693. The Hall–Kier alpha value is -1.51. The van der Waals surface area contributed by atoms with Gasteiger partial charge in [-0.2, -0.15) is 0 Å². The zero-order chi connectivity index (χ0) is 17.5. The first-order valence-corrected chi connectivity index (χ1v) is 8.52. The molecule has 1 rings (SSSR count). The minimum Gasteiger partial charge on any atom is -0.445 e. The highest BCUT2D eigenvalue weighted by atomic mass is 16.6. The molecule has 0 fully saturated rings. The average Bonchev–Trinajstić information content (AvgIpc) is 2.43. The van der Waals surface area contributed by atoms with Crippen molar-refractivity contribution < 1.29 is 9.53 Å². The van der Waals surface area contributed by atoms with Crippen LogP contribution in [0.2, 0.25) is 0 Å². The number of hydrogen-bond acceptors (Lipinski definition) is 2. The molecule has 0 aliphatic rings. The first-order chi connectivity index (χ1) is 10.6. The molecule has 0 saturated carbocycles. The Morgan fingerprint density at radius 1 is 0.913 bits per heavy atom. The number of hydrogen-bond donors (Lipinski definition) is 0. The van der Waals surface area contributed by atoms with Crippen LogP contribution in [-0.4, -0.2) is 24.1 Å². The van der Waals surface area contributed by atoms with Crippen LogP contribution in [0, 0.1) is 10.8 Å². The van der Waals surface area contributed by atoms with Crippen molar-refractivity contribution in [2.24, 2.45) is 10.8 Å². The van der Waals surface area contributed by atoms with Gasteiger partial charge in [0.2, 0.25) is 0 Å². The summed E-state index contributed by atoms with van der Waals surface area (Å²) in [7, 11) is 0. The number of carbonyl (C=O) groups is 1. The number of benzene rings is 1. The summed E-state index contributed by atoms with van der Waals surface area (Å²) in [5.41, 5.74) is 1.44. The third-order valence-corrected chi connectivity index (χ3v) is 3.73. The van der Waals surface area contributed by atoms with E-state index in [4.69, 9.17) is 4.74 Å². The van der Waals surface area contributed by atoms with Gasteiger partial charge < -0.3 is 9.64 Å². The summed E-state index contributed by atoms with van der Waals surface area (Å²) in [6.07, 6.45) is 1.73. The van der Waals surface area contributed by atoms with E-state index in [1.807, 2.05) is 35.2 Å². The van der Waals surface area contributed by atoms with Crippen LogP contribution in [0.3, 0.4) is 0 Å². The van der Waals surface area contributed by atoms with Crippen molar-refractivity contribution in [3.05, 3.63) is 35.9 Å². The lowest BCUT2D eigenvalue weighted by Crippen LogP contribution is -2.36. The second-order valence-electron chi connectivity index (χ2n) is 8.65. The summed E-state index contributed by atoms with van der Waals surface area (Å²) in [6, 6.07) is 9.83. The number of ether oxygens (including phenoxy) is 1. The van der Waals surface area contributed by atoms with Gasteiger partial charge in [-0.15, -0.1) is 0 Å². The van der Waals surface area contributed by atoms with Crippen molar-refractivity contribution in [1.29, 1.82) is 0 Å². The van der Waals surface area contributed by atoms with Crippen LogP contribution in [0.5, 0.6) is 0 Å². The van der Waals surface area contributed by atoms with Crippen molar-refractivity contribution in [3.8, 4) is 0 Å². The van der Waals surface area contributed by atoms with Gasteiger partial charge in [-0.3, -0.25) is 0 Å². The molecule has 0 aliphatic heterocycles. The van der Waals surface area contributed by atoms with Gasteiger partial charge >= 0.3 is 6.09 Å². The largest absolute Gasteiger partial charge is 0.445 e. The number of amides is 1. The maximum atomic E-state index is 12.5. The molecular formula is C20H33NO2. The smallest absolute Gasteiger partial charge is 0.410 e. The van der Waals surface area contributed by atoms with Gasteiger partial charge in [0.05, 0.1) is 0 Å². The predicted octanol–water partition coefficient (Wildman–Crippen LogP) is 5.50. The van der Waals surface area contributed by atoms with E-state index in [9.17, 15) is 4.79 Å². The fourth-order valence-corrected chi connectivity index (χ4v) is 2.05. The van der Waals surface area contributed by atoms with Crippen molar-refractivity contribution in [2.45, 2.75) is 61.0 Å². The molecule has 0 heterocycles. The third-order valence-electron chi connectivity index (χ3n) is 3.73. The summed E-state index contributed by atoms with van der Waals surface area (Å²) in [5.74, 6) is 0. The Morgan fingerprint density at radius 2 is 1.39 bits per heavy atom. The highest BCUT2D eigenvalue weighted by molar-refractivity contribution is 5.67. The van der Waals surface area contributed by atoms with E-state index in [0.29, 0.717) is 6.61 Å². The summed E-state index contributed by atoms with van der Waals surface area (Å²) < 4.78 is 5.51. The zero-order valence-corrected chi connectivity index (χ0v) is 15.7. The third kappa shape index (κ3) is 9.27. The molecule has 3 nitrogen and oxygen atoms in total. The van der Waals surface area contributed by atoms with E-state index in [1.54, 1.807) is 0 Å². The second-order valence-corrected chi connectivity index (χ2v) is 8.65. The van der Waals surface area contributed by atoms with Gasteiger partial charge in [0.1, 0.15) is 6.61 Å². The Bertz CT molecular complexity index is 451. The van der Waals surface area contributed by atoms with Gasteiger partial charge in [0.25, 0.3) is 0 Å². The van der Waals surface area contributed by atoms with E-state index < -0.39 is 0 Å². The Balaban J connectivity index is 2.59. The summed E-state index contributed by atoms with van der Waals surface area (Å²) in [5, 5.41) is 0. The molecule has 1 aromatic carbocycles. The molecule has 23 heavy (non-hydrogen) atoms. The fraction of sp³-hybridized carbons (Fsp3) is 0.650. The van der Waals surface area contributed by atoms with E-state index in [2.05, 4.69) is 41.5 Å². The molecule has 130 valence electrons. The lowest BCUT2D eigenvalue weighted by molar-refractivity contribution is 0.0878. The molecule has 0 radical (unpaired) electrons. The van der Waals surface area contributed by atoms with Gasteiger partial charge in [0, 0.05) is 13.1 Å². The molecule has 0 atom stereocenters. The fourth-order valence-electron chi connectivity index (χ4n) is 2.05. The van der Waals surface area contributed by atoms with Crippen LogP contribution in [-0.2, 0) is 11.3 Å². The van der Waals surface area contributed by atoms with Crippen LogP contribution in [0.25, 0.3) is 0 Å². The lowest BCUT2D eigenvalue weighted by Gasteiger charge is -2.29. The molecule has 3 heteroatoms. The minimum absolute atomic E-state index is 0.206. The molecule has 0 N–H and O–H groups in total. The normalized spacial score (nSPS) is 12.1. The molecule has 0 saturated heterocycles. The van der Waals surface area contributed by atoms with Gasteiger partial charge in [0.15, 0.2) is 0 Å². The summed E-state index contributed by atoms with van der Waals surface area (Å²) >= 11 is 0. The minimum atomic E-state index is -0.206. The Labute approximate surface area is 142 Å². The first-order valence-electron chi connectivity index (χ1n) is 8.52. The highest BCUT2D eigenvalue weighted by Crippen LogP contribution is 2.22. The monoisotopic (exact) mass is 319 g/mol. The molecule has 0 aromatic heterocycles. The maximum absolute atomic E-state index is 12.5. The van der Waals surface area contributed by atoms with Gasteiger partial charge in [-0.05, 0) is 29.2 Å². The van der Waals surface area contributed by atoms with Crippen LogP contribution in [0.1, 0.15) is 59.9 Å². The Morgan fingerprint density at radius 3 is 1.83 bits per heavy atom. The lowest BCUT2D eigenvalue weighted by atomic mass is 9.90. The van der Waals surface area contributed by atoms with Gasteiger partial charge in [-0.25, -0.2) is 4.79 Å². The topological polar surface area (TPSA) is 29.5 Å². The van der Waals surface area contributed by atoms with Crippen LogP contribution in [0.4, 0.5) is 4.79 Å². The van der Waals surface area contributed by atoms with Crippen molar-refractivity contribution in [1.82, 2.24) is 4.90 Å². The van der Waals surface area contributed by atoms with Gasteiger partial charge in [-0.1, -0.05) is 71.9 Å². The maximum Gasteiger partial charge on any atom is 0.410 e. The summed E-state index contributed by atoms with van der Waals surface area (Å²) in [6.45, 7) is 15.0. The van der Waals surface area contributed by atoms with Crippen molar-refractivity contribution in [3.63, 3.8) is 0 Å². The number of nitrogens with zero attached hydrogens (tertiary/aromatic N) is 1. The molecule has 1 amide bonds. The standard InChI is InChI=1S/C20H33NO2/c1-19(2,3)12-14-21(15-13-20(4,5)6)18(22)23-16-17-10-8-7-9-11-17/h7-11H,12-16H2,1-6H3. The van der Waals surface area contributed by atoms with E-state index in [1.165, 1.54) is 0 Å². The van der Waals surface area contributed by atoms with E-state index >= 15 is 0 Å². The second kappa shape index (κ2) is 8.37.